The highest BCUT2D eigenvalue weighted by molar-refractivity contribution is 5.68. The number of ether oxygens (including phenoxy) is 1. The lowest BCUT2D eigenvalue weighted by Gasteiger charge is -1.96. The Labute approximate surface area is 62.9 Å². The molecule has 6 nitrogen and oxygen atoms in total. The first-order valence-corrected chi connectivity index (χ1v) is 3.21. The lowest BCUT2D eigenvalue weighted by Crippen LogP contribution is -2.03. The van der Waals surface area contributed by atoms with Crippen LogP contribution >= 0.6 is 0 Å². The third kappa shape index (κ3) is 2.32. The van der Waals surface area contributed by atoms with Crippen LogP contribution < -0.4 is 0 Å². The first-order valence-electron chi connectivity index (χ1n) is 3.21. The van der Waals surface area contributed by atoms with E-state index >= 15 is 0 Å². The van der Waals surface area contributed by atoms with Gasteiger partial charge in [-0.15, -0.1) is 10.2 Å². The molecule has 0 saturated carbocycles. The van der Waals surface area contributed by atoms with E-state index in [-0.39, 0.29) is 12.6 Å². The van der Waals surface area contributed by atoms with Gasteiger partial charge in [-0.05, 0) is 0 Å². The van der Waals surface area contributed by atoms with Crippen molar-refractivity contribution in [3.63, 3.8) is 0 Å². The smallest absolute Gasteiger partial charge is 0.305 e. The van der Waals surface area contributed by atoms with Crippen LogP contribution in [-0.4, -0.2) is 26.6 Å². The standard InChI is InChI=1S/C5H8N4O2/c1-2-5(10)11-3-4-6-8-9-7-4/h2-3H2,1H3,(H,6,7,8,9). The van der Waals surface area contributed by atoms with Gasteiger partial charge in [0.05, 0.1) is 0 Å². The van der Waals surface area contributed by atoms with Gasteiger partial charge >= 0.3 is 5.97 Å². The highest BCUT2D eigenvalue weighted by atomic mass is 16.5. The molecule has 0 aliphatic heterocycles. The predicted molar refractivity (Wildman–Crippen MR) is 34.3 cm³/mol. The van der Waals surface area contributed by atoms with E-state index in [1.165, 1.54) is 0 Å². The Bertz CT molecular complexity index is 220. The van der Waals surface area contributed by atoms with Crippen molar-refractivity contribution in [2.75, 3.05) is 0 Å². The summed E-state index contributed by atoms with van der Waals surface area (Å²) in [6.07, 6.45) is 0.359. The first-order chi connectivity index (χ1) is 5.33. The molecule has 1 aromatic heterocycles. The summed E-state index contributed by atoms with van der Waals surface area (Å²) < 4.78 is 4.71. The molecule has 1 N–H and O–H groups in total. The molecule has 0 spiro atoms. The average molecular weight is 156 g/mol. The molecule has 0 unspecified atom stereocenters. The second-order valence-corrected chi connectivity index (χ2v) is 1.84. The monoisotopic (exact) mass is 156 g/mol. The van der Waals surface area contributed by atoms with Crippen LogP contribution in [0.4, 0.5) is 0 Å². The Morgan fingerprint density at radius 2 is 2.55 bits per heavy atom. The van der Waals surface area contributed by atoms with E-state index in [0.29, 0.717) is 12.2 Å². The summed E-state index contributed by atoms with van der Waals surface area (Å²) in [5.41, 5.74) is 0. The highest BCUT2D eigenvalue weighted by Gasteiger charge is 2.01. The van der Waals surface area contributed by atoms with Crippen molar-refractivity contribution < 1.29 is 9.53 Å². The van der Waals surface area contributed by atoms with E-state index in [4.69, 9.17) is 4.74 Å². The van der Waals surface area contributed by atoms with Gasteiger partial charge in [-0.3, -0.25) is 4.79 Å². The molecular formula is C5H8N4O2. The number of aromatic nitrogens is 4. The minimum atomic E-state index is -0.269. The average Bonchev–Trinajstić information content (AvgIpc) is 2.52. The van der Waals surface area contributed by atoms with Crippen LogP contribution in [0.3, 0.4) is 0 Å². The summed E-state index contributed by atoms with van der Waals surface area (Å²) in [7, 11) is 0. The highest BCUT2D eigenvalue weighted by Crippen LogP contribution is 1.91. The summed E-state index contributed by atoms with van der Waals surface area (Å²) in [5.74, 6) is 0.113. The van der Waals surface area contributed by atoms with Crippen LogP contribution in [0.5, 0.6) is 0 Å². The maximum atomic E-state index is 10.6. The van der Waals surface area contributed by atoms with Crippen LogP contribution in [0.25, 0.3) is 0 Å². The van der Waals surface area contributed by atoms with Crippen molar-refractivity contribution in [3.05, 3.63) is 5.82 Å². The zero-order valence-electron chi connectivity index (χ0n) is 6.07. The van der Waals surface area contributed by atoms with Crippen molar-refractivity contribution in [1.29, 1.82) is 0 Å². The fourth-order valence-electron chi connectivity index (χ4n) is 0.491. The second-order valence-electron chi connectivity index (χ2n) is 1.84. The fraction of sp³-hybridized carbons (Fsp3) is 0.600. The molecule has 0 fully saturated rings. The quantitative estimate of drug-likeness (QED) is 0.605. The molecule has 6 heteroatoms. The van der Waals surface area contributed by atoms with Gasteiger partial charge in [-0.1, -0.05) is 12.1 Å². The number of nitrogens with zero attached hydrogens (tertiary/aromatic N) is 3. The molecule has 0 saturated heterocycles. The van der Waals surface area contributed by atoms with Crippen LogP contribution in [0.1, 0.15) is 19.2 Å². The van der Waals surface area contributed by atoms with Gasteiger partial charge < -0.3 is 4.74 Å². The zero-order chi connectivity index (χ0) is 8.10. The normalized spacial score (nSPS) is 9.55. The van der Waals surface area contributed by atoms with Crippen LogP contribution in [-0.2, 0) is 16.1 Å². The van der Waals surface area contributed by atoms with Gasteiger partial charge in [0.2, 0.25) is 5.82 Å². The Kier molecular flexibility index (Phi) is 2.53. The van der Waals surface area contributed by atoms with Crippen LogP contribution in [0.15, 0.2) is 0 Å². The number of aromatic amines is 1. The minimum absolute atomic E-state index is 0.0865. The van der Waals surface area contributed by atoms with E-state index in [9.17, 15) is 4.79 Å². The fourth-order valence-corrected chi connectivity index (χ4v) is 0.491. The summed E-state index contributed by atoms with van der Waals surface area (Å²) in [4.78, 5) is 10.6. The Hall–Kier alpha value is -1.46. The molecule has 1 aromatic rings. The number of esters is 1. The van der Waals surface area contributed by atoms with Crippen molar-refractivity contribution in [1.82, 2.24) is 20.6 Å². The van der Waals surface area contributed by atoms with E-state index in [1.807, 2.05) is 0 Å². The van der Waals surface area contributed by atoms with Gasteiger partial charge in [0, 0.05) is 6.42 Å². The molecule has 0 amide bonds. The van der Waals surface area contributed by atoms with E-state index in [1.54, 1.807) is 6.92 Å². The molecule has 0 aliphatic carbocycles. The van der Waals surface area contributed by atoms with Gasteiger partial charge in [-0.2, -0.15) is 5.21 Å². The third-order valence-electron chi connectivity index (χ3n) is 1.04. The van der Waals surface area contributed by atoms with Crippen LogP contribution in [0.2, 0.25) is 0 Å². The van der Waals surface area contributed by atoms with Crippen molar-refractivity contribution in [2.24, 2.45) is 0 Å². The number of carbonyl (C=O) groups excluding carboxylic acids is 1. The number of tetrazole rings is 1. The summed E-state index contributed by atoms with van der Waals surface area (Å²) in [6, 6.07) is 0. The largest absolute Gasteiger partial charge is 0.457 e. The Balaban J connectivity index is 2.29. The number of hydrogen-bond acceptors (Lipinski definition) is 5. The number of rotatable bonds is 3. The SMILES string of the molecule is CCC(=O)OCc1nn[nH]n1. The summed E-state index contributed by atoms with van der Waals surface area (Å²) in [5, 5.41) is 12.7. The molecule has 60 valence electrons. The Morgan fingerprint density at radius 1 is 1.73 bits per heavy atom. The van der Waals surface area contributed by atoms with Crippen LogP contribution in [0, 0.1) is 0 Å². The molecule has 1 heterocycles. The van der Waals surface area contributed by atoms with E-state index in [0.717, 1.165) is 0 Å². The van der Waals surface area contributed by atoms with Crippen molar-refractivity contribution in [3.8, 4) is 0 Å². The van der Waals surface area contributed by atoms with Gasteiger partial charge in [0.1, 0.15) is 0 Å². The Morgan fingerprint density at radius 3 is 3.09 bits per heavy atom. The maximum absolute atomic E-state index is 10.6. The molecule has 0 radical (unpaired) electrons. The minimum Gasteiger partial charge on any atom is -0.457 e. The van der Waals surface area contributed by atoms with Crippen molar-refractivity contribution >= 4 is 5.97 Å². The molecule has 0 atom stereocenters. The van der Waals surface area contributed by atoms with E-state index < -0.39 is 0 Å². The van der Waals surface area contributed by atoms with Gasteiger partial charge in [0.25, 0.3) is 0 Å². The molecule has 1 rings (SSSR count). The van der Waals surface area contributed by atoms with Gasteiger partial charge in [-0.25, -0.2) is 0 Å². The molecule has 0 aromatic carbocycles. The lowest BCUT2D eigenvalue weighted by molar-refractivity contribution is -0.144. The molecular weight excluding hydrogens is 148 g/mol. The molecule has 0 aliphatic rings. The topological polar surface area (TPSA) is 80.8 Å². The third-order valence-corrected chi connectivity index (χ3v) is 1.04. The number of nitrogens with one attached hydrogen (secondary N) is 1. The number of hydrogen-bond donors (Lipinski definition) is 1. The molecule has 0 bridgehead atoms. The second kappa shape index (κ2) is 3.65. The first kappa shape index (κ1) is 7.64. The summed E-state index contributed by atoms with van der Waals surface area (Å²) >= 11 is 0. The summed E-state index contributed by atoms with van der Waals surface area (Å²) in [6.45, 7) is 1.81. The maximum Gasteiger partial charge on any atom is 0.305 e. The van der Waals surface area contributed by atoms with E-state index in [2.05, 4.69) is 20.6 Å². The number of H-pyrrole nitrogens is 1. The van der Waals surface area contributed by atoms with Gasteiger partial charge in [0.15, 0.2) is 6.61 Å². The predicted octanol–water partition coefficient (Wildman–Crippen LogP) is -0.347. The zero-order valence-corrected chi connectivity index (χ0v) is 6.07. The molecule has 11 heavy (non-hydrogen) atoms. The number of carbonyl (C=O) groups is 1. The van der Waals surface area contributed by atoms with Crippen molar-refractivity contribution in [2.45, 2.75) is 20.0 Å². The lowest BCUT2D eigenvalue weighted by atomic mass is 10.5.